The van der Waals surface area contributed by atoms with Gasteiger partial charge in [0.05, 0.1) is 20.2 Å². The fraction of sp³-hybridized carbons (Fsp3) is 0.0714. The van der Waals surface area contributed by atoms with Gasteiger partial charge in [0, 0.05) is 11.6 Å². The van der Waals surface area contributed by atoms with E-state index in [1.165, 1.54) is 0 Å². The Hall–Kier alpha value is -1.22. The van der Waals surface area contributed by atoms with Gasteiger partial charge in [-0.3, -0.25) is 0 Å². The van der Waals surface area contributed by atoms with Crippen LogP contribution in [0.25, 0.3) is 0 Å². The molecule has 0 aliphatic rings. The quantitative estimate of drug-likeness (QED) is 0.736. The minimum absolute atomic E-state index is 0.161. The van der Waals surface area contributed by atoms with Gasteiger partial charge in [0.2, 0.25) is 0 Å². The molecule has 0 spiro atoms. The normalized spacial score (nSPS) is 10.1. The van der Waals surface area contributed by atoms with E-state index >= 15 is 0 Å². The molecule has 2 aromatic carbocycles. The summed E-state index contributed by atoms with van der Waals surface area (Å²) in [7, 11) is 0. The summed E-state index contributed by atoms with van der Waals surface area (Å²) in [5, 5.41) is 22.4. The smallest absolute Gasteiger partial charge is 0.143 e. The molecule has 0 aromatic heterocycles. The molecule has 2 N–H and O–H groups in total. The topological polar surface area (TPSA) is 56.0 Å². The first-order valence-electron chi connectivity index (χ1n) is 5.61. The van der Waals surface area contributed by atoms with Crippen LogP contribution in [0.4, 0.5) is 5.69 Å². The molecular weight excluding hydrogens is 407 g/mol. The summed E-state index contributed by atoms with van der Waals surface area (Å²) in [5.74, 6) is 0.161. The first-order chi connectivity index (χ1) is 9.51. The molecule has 0 fully saturated rings. The van der Waals surface area contributed by atoms with Gasteiger partial charge in [-0.05, 0) is 67.8 Å². The maximum Gasteiger partial charge on any atom is 0.143 e. The van der Waals surface area contributed by atoms with E-state index < -0.39 is 0 Å². The van der Waals surface area contributed by atoms with Crippen molar-refractivity contribution >= 4 is 49.1 Å². The Bertz CT molecular complexity index is 675. The minimum atomic E-state index is 0.161. The standard InChI is InChI=1S/C14H9Br2ClN2O/c15-11-3-8(4-12(16)14(11)20)7-19-13-5-10(17)2-1-9(13)6-18/h1-5,19-20H,7H2. The van der Waals surface area contributed by atoms with Crippen LogP contribution >= 0.6 is 43.5 Å². The molecule has 0 atom stereocenters. The molecule has 0 saturated heterocycles. The minimum Gasteiger partial charge on any atom is -0.506 e. The van der Waals surface area contributed by atoms with Crippen molar-refractivity contribution in [2.24, 2.45) is 0 Å². The Balaban J connectivity index is 2.21. The average molecular weight is 417 g/mol. The maximum absolute atomic E-state index is 9.66. The van der Waals surface area contributed by atoms with Crippen molar-refractivity contribution in [1.82, 2.24) is 0 Å². The highest BCUT2D eigenvalue weighted by Crippen LogP contribution is 2.33. The lowest BCUT2D eigenvalue weighted by Crippen LogP contribution is -2.01. The molecule has 102 valence electrons. The van der Waals surface area contributed by atoms with Crippen molar-refractivity contribution in [2.45, 2.75) is 6.54 Å². The van der Waals surface area contributed by atoms with Crippen molar-refractivity contribution in [1.29, 1.82) is 5.26 Å². The summed E-state index contributed by atoms with van der Waals surface area (Å²) in [6.45, 7) is 0.506. The van der Waals surface area contributed by atoms with Gasteiger partial charge < -0.3 is 10.4 Å². The molecule has 3 nitrogen and oxygen atoms in total. The van der Waals surface area contributed by atoms with Crippen LogP contribution in [0.15, 0.2) is 39.3 Å². The maximum atomic E-state index is 9.66. The first-order valence-corrected chi connectivity index (χ1v) is 7.58. The molecule has 0 aliphatic carbocycles. The predicted octanol–water partition coefficient (Wildman–Crippen LogP) is 5.05. The molecule has 2 rings (SSSR count). The third-order valence-corrected chi connectivity index (χ3v) is 4.11. The third-order valence-electron chi connectivity index (χ3n) is 2.66. The van der Waals surface area contributed by atoms with Crippen LogP contribution in [0, 0.1) is 11.3 Å². The lowest BCUT2D eigenvalue weighted by Gasteiger charge is -2.10. The lowest BCUT2D eigenvalue weighted by molar-refractivity contribution is 0.468. The number of anilines is 1. The van der Waals surface area contributed by atoms with Gasteiger partial charge in [0.1, 0.15) is 11.8 Å². The van der Waals surface area contributed by atoms with E-state index in [4.69, 9.17) is 16.9 Å². The molecule has 0 unspecified atom stereocenters. The van der Waals surface area contributed by atoms with Crippen LogP contribution < -0.4 is 5.32 Å². The van der Waals surface area contributed by atoms with Gasteiger partial charge >= 0.3 is 0 Å². The highest BCUT2D eigenvalue weighted by molar-refractivity contribution is 9.11. The SMILES string of the molecule is N#Cc1ccc(Cl)cc1NCc1cc(Br)c(O)c(Br)c1. The summed E-state index contributed by atoms with van der Waals surface area (Å²) in [5.41, 5.74) is 2.16. The number of phenolic OH excluding ortho intramolecular Hbond substituents is 1. The fourth-order valence-corrected chi connectivity index (χ4v) is 3.13. The van der Waals surface area contributed by atoms with Gasteiger partial charge in [-0.1, -0.05) is 11.6 Å². The Morgan fingerprint density at radius 1 is 1.20 bits per heavy atom. The van der Waals surface area contributed by atoms with Crippen LogP contribution in [0.1, 0.15) is 11.1 Å². The number of nitriles is 1. The van der Waals surface area contributed by atoms with Gasteiger partial charge in [0.15, 0.2) is 0 Å². The second-order valence-corrected chi connectivity index (χ2v) is 6.21. The number of benzene rings is 2. The van der Waals surface area contributed by atoms with E-state index in [9.17, 15) is 5.11 Å². The lowest BCUT2D eigenvalue weighted by atomic mass is 10.1. The van der Waals surface area contributed by atoms with E-state index in [0.29, 0.717) is 31.8 Å². The molecule has 0 heterocycles. The molecule has 0 bridgehead atoms. The summed E-state index contributed by atoms with van der Waals surface area (Å²) >= 11 is 12.5. The highest BCUT2D eigenvalue weighted by atomic mass is 79.9. The number of halogens is 3. The van der Waals surface area contributed by atoms with Gasteiger partial charge in [-0.15, -0.1) is 0 Å². The Kier molecular flexibility index (Phi) is 4.92. The average Bonchev–Trinajstić information content (AvgIpc) is 2.42. The predicted molar refractivity (Wildman–Crippen MR) is 87.0 cm³/mol. The van der Waals surface area contributed by atoms with Crippen LogP contribution in [0.5, 0.6) is 5.75 Å². The van der Waals surface area contributed by atoms with E-state index in [2.05, 4.69) is 43.2 Å². The largest absolute Gasteiger partial charge is 0.506 e. The zero-order chi connectivity index (χ0) is 14.7. The van der Waals surface area contributed by atoms with Crippen LogP contribution in [0.2, 0.25) is 5.02 Å². The Labute approximate surface area is 138 Å². The summed E-state index contributed by atoms with van der Waals surface area (Å²) in [6.07, 6.45) is 0. The van der Waals surface area contributed by atoms with E-state index in [-0.39, 0.29) is 5.75 Å². The molecule has 0 aliphatic heterocycles. The summed E-state index contributed by atoms with van der Waals surface area (Å²) in [4.78, 5) is 0. The fourth-order valence-electron chi connectivity index (χ4n) is 1.68. The van der Waals surface area contributed by atoms with Crippen molar-refractivity contribution in [3.05, 3.63) is 55.4 Å². The van der Waals surface area contributed by atoms with Gasteiger partial charge in [-0.2, -0.15) is 5.26 Å². The number of hydrogen-bond acceptors (Lipinski definition) is 3. The molecular formula is C14H9Br2ClN2O. The third kappa shape index (κ3) is 3.45. The number of nitrogens with one attached hydrogen (secondary N) is 1. The first kappa shape index (κ1) is 15.2. The van der Waals surface area contributed by atoms with E-state index in [0.717, 1.165) is 5.56 Å². The number of aromatic hydroxyl groups is 1. The Morgan fingerprint density at radius 2 is 1.85 bits per heavy atom. The van der Waals surface area contributed by atoms with Crippen LogP contribution in [-0.4, -0.2) is 5.11 Å². The molecule has 0 saturated carbocycles. The summed E-state index contributed by atoms with van der Waals surface area (Å²) in [6, 6.07) is 10.8. The van der Waals surface area contributed by atoms with E-state index in [1.807, 2.05) is 12.1 Å². The summed E-state index contributed by atoms with van der Waals surface area (Å²) < 4.78 is 1.21. The second-order valence-electron chi connectivity index (χ2n) is 4.06. The number of phenols is 1. The highest BCUT2D eigenvalue weighted by Gasteiger charge is 2.07. The van der Waals surface area contributed by atoms with Gasteiger partial charge in [-0.25, -0.2) is 0 Å². The van der Waals surface area contributed by atoms with Crippen LogP contribution in [-0.2, 0) is 6.54 Å². The molecule has 20 heavy (non-hydrogen) atoms. The zero-order valence-electron chi connectivity index (χ0n) is 10.1. The second kappa shape index (κ2) is 6.49. The van der Waals surface area contributed by atoms with Gasteiger partial charge in [0.25, 0.3) is 0 Å². The number of nitrogens with zero attached hydrogens (tertiary/aromatic N) is 1. The molecule has 2 aromatic rings. The zero-order valence-corrected chi connectivity index (χ0v) is 14.1. The number of hydrogen-bond donors (Lipinski definition) is 2. The monoisotopic (exact) mass is 414 g/mol. The van der Waals surface area contributed by atoms with Crippen molar-refractivity contribution in [3.8, 4) is 11.8 Å². The van der Waals surface area contributed by atoms with Crippen molar-refractivity contribution in [3.63, 3.8) is 0 Å². The molecule has 0 amide bonds. The van der Waals surface area contributed by atoms with E-state index in [1.54, 1.807) is 18.2 Å². The van der Waals surface area contributed by atoms with Crippen molar-refractivity contribution < 1.29 is 5.11 Å². The van der Waals surface area contributed by atoms with Crippen LogP contribution in [0.3, 0.4) is 0 Å². The van der Waals surface area contributed by atoms with Crippen molar-refractivity contribution in [2.75, 3.05) is 5.32 Å². The molecule has 6 heteroatoms. The molecule has 0 radical (unpaired) electrons. The Morgan fingerprint density at radius 3 is 2.45 bits per heavy atom. The number of rotatable bonds is 3.